The van der Waals surface area contributed by atoms with Crippen molar-refractivity contribution in [3.63, 3.8) is 0 Å². The van der Waals surface area contributed by atoms with Gasteiger partial charge in [0.1, 0.15) is 11.2 Å². The molecule has 0 aliphatic heterocycles. The van der Waals surface area contributed by atoms with Crippen LogP contribution in [0.4, 0.5) is 0 Å². The van der Waals surface area contributed by atoms with E-state index in [-0.39, 0.29) is 11.7 Å². The fourth-order valence-corrected chi connectivity index (χ4v) is 3.09. The summed E-state index contributed by atoms with van der Waals surface area (Å²) in [5, 5.41) is 7.54. The summed E-state index contributed by atoms with van der Waals surface area (Å²) in [6.07, 6.45) is 1.76. The zero-order valence-electron chi connectivity index (χ0n) is 12.6. The average Bonchev–Trinajstić information content (AvgIpc) is 3.15. The molecule has 1 aromatic carbocycles. The SMILES string of the molecule is CC(NC(=O)c1nc(=O)[nH]c2ccccc12)c1cn2ncsc2n1. The quantitative estimate of drug-likeness (QED) is 0.588. The summed E-state index contributed by atoms with van der Waals surface area (Å²) in [5.41, 5.74) is 2.50. The number of H-pyrrole nitrogens is 1. The molecule has 9 heteroatoms. The monoisotopic (exact) mass is 340 g/mol. The van der Waals surface area contributed by atoms with Crippen LogP contribution in [0.25, 0.3) is 15.9 Å². The number of aromatic amines is 1. The molecule has 3 aromatic heterocycles. The van der Waals surface area contributed by atoms with Crippen LogP contribution in [0.3, 0.4) is 0 Å². The Morgan fingerprint density at radius 3 is 3.00 bits per heavy atom. The van der Waals surface area contributed by atoms with Crippen molar-refractivity contribution in [1.82, 2.24) is 29.9 Å². The van der Waals surface area contributed by atoms with E-state index in [0.29, 0.717) is 16.6 Å². The third kappa shape index (κ3) is 2.44. The first-order valence-corrected chi connectivity index (χ1v) is 8.08. The molecule has 3 heterocycles. The van der Waals surface area contributed by atoms with Crippen LogP contribution in [0.15, 0.2) is 40.8 Å². The van der Waals surface area contributed by atoms with Gasteiger partial charge in [-0.25, -0.2) is 14.3 Å². The molecule has 0 spiro atoms. The van der Waals surface area contributed by atoms with Crippen LogP contribution >= 0.6 is 11.3 Å². The summed E-state index contributed by atoms with van der Waals surface area (Å²) in [5.74, 6) is -0.422. The van der Waals surface area contributed by atoms with Crippen LogP contribution in [0.1, 0.15) is 29.1 Å². The van der Waals surface area contributed by atoms with E-state index in [1.165, 1.54) is 11.3 Å². The number of hydrogen-bond donors (Lipinski definition) is 2. The van der Waals surface area contributed by atoms with Crippen molar-refractivity contribution in [2.75, 3.05) is 0 Å². The molecule has 1 amide bonds. The van der Waals surface area contributed by atoms with Gasteiger partial charge in [0.2, 0.25) is 4.96 Å². The van der Waals surface area contributed by atoms with E-state index in [2.05, 4.69) is 25.4 Å². The van der Waals surface area contributed by atoms with Gasteiger partial charge in [0.15, 0.2) is 0 Å². The maximum Gasteiger partial charge on any atom is 0.346 e. The van der Waals surface area contributed by atoms with E-state index >= 15 is 0 Å². The number of hydrogen-bond acceptors (Lipinski definition) is 6. The minimum Gasteiger partial charge on any atom is -0.343 e. The summed E-state index contributed by atoms with van der Waals surface area (Å²) in [7, 11) is 0. The number of fused-ring (bicyclic) bond motifs is 2. The Bertz CT molecular complexity index is 1080. The molecule has 120 valence electrons. The highest BCUT2D eigenvalue weighted by molar-refractivity contribution is 7.14. The Balaban J connectivity index is 1.66. The van der Waals surface area contributed by atoms with Crippen molar-refractivity contribution in [2.24, 2.45) is 0 Å². The van der Waals surface area contributed by atoms with Crippen molar-refractivity contribution in [2.45, 2.75) is 13.0 Å². The third-order valence-corrected chi connectivity index (χ3v) is 4.34. The van der Waals surface area contributed by atoms with E-state index in [1.54, 1.807) is 40.5 Å². The standard InChI is InChI=1S/C15H12N6O2S/c1-8(11-6-21-15(19-11)24-7-16-21)17-13(22)12-9-4-2-3-5-10(9)18-14(23)20-12/h2-8H,1H3,(H,17,22)(H,18,20,23). The Morgan fingerprint density at radius 1 is 1.33 bits per heavy atom. The Morgan fingerprint density at radius 2 is 2.17 bits per heavy atom. The Hall–Kier alpha value is -3.07. The summed E-state index contributed by atoms with van der Waals surface area (Å²) in [6, 6.07) is 6.71. The number of rotatable bonds is 3. The van der Waals surface area contributed by atoms with Crippen LogP contribution < -0.4 is 11.0 Å². The number of nitrogens with one attached hydrogen (secondary N) is 2. The van der Waals surface area contributed by atoms with Gasteiger partial charge in [-0.1, -0.05) is 29.5 Å². The number of carbonyl (C=O) groups is 1. The average molecular weight is 340 g/mol. The molecule has 4 rings (SSSR count). The molecule has 0 aliphatic carbocycles. The van der Waals surface area contributed by atoms with Crippen LogP contribution in [0.2, 0.25) is 0 Å². The molecule has 0 bridgehead atoms. The predicted molar refractivity (Wildman–Crippen MR) is 89.1 cm³/mol. The second kappa shape index (κ2) is 5.53. The first kappa shape index (κ1) is 14.5. The second-order valence-electron chi connectivity index (χ2n) is 5.26. The van der Waals surface area contributed by atoms with E-state index < -0.39 is 11.6 Å². The van der Waals surface area contributed by atoms with Crippen molar-refractivity contribution < 1.29 is 4.79 Å². The molecule has 0 aliphatic rings. The number of nitrogens with zero attached hydrogens (tertiary/aromatic N) is 4. The van der Waals surface area contributed by atoms with Crippen molar-refractivity contribution >= 4 is 33.1 Å². The molecule has 2 N–H and O–H groups in total. The minimum atomic E-state index is -0.557. The smallest absolute Gasteiger partial charge is 0.343 e. The summed E-state index contributed by atoms with van der Waals surface area (Å²) in [6.45, 7) is 1.82. The topological polar surface area (TPSA) is 105 Å². The highest BCUT2D eigenvalue weighted by atomic mass is 32.1. The molecular weight excluding hydrogens is 328 g/mol. The van der Waals surface area contributed by atoms with Gasteiger partial charge in [-0.15, -0.1) is 0 Å². The molecule has 0 fully saturated rings. The molecular formula is C15H12N6O2S. The Kier molecular flexibility index (Phi) is 3.35. The number of benzene rings is 1. The van der Waals surface area contributed by atoms with E-state index in [4.69, 9.17) is 0 Å². The van der Waals surface area contributed by atoms with Crippen molar-refractivity contribution in [3.8, 4) is 0 Å². The summed E-state index contributed by atoms with van der Waals surface area (Å²) < 4.78 is 1.66. The lowest BCUT2D eigenvalue weighted by Crippen LogP contribution is -2.30. The molecule has 0 radical (unpaired) electrons. The van der Waals surface area contributed by atoms with Gasteiger partial charge in [0, 0.05) is 5.39 Å². The minimum absolute atomic E-state index is 0.0975. The number of para-hydroxylation sites is 1. The molecule has 8 nitrogen and oxygen atoms in total. The van der Waals surface area contributed by atoms with Gasteiger partial charge in [0.25, 0.3) is 5.91 Å². The lowest BCUT2D eigenvalue weighted by Gasteiger charge is -2.11. The summed E-state index contributed by atoms with van der Waals surface area (Å²) >= 11 is 1.41. The highest BCUT2D eigenvalue weighted by Gasteiger charge is 2.18. The number of carbonyl (C=O) groups excluding carboxylic acids is 1. The number of aromatic nitrogens is 5. The first-order chi connectivity index (χ1) is 11.6. The maximum absolute atomic E-state index is 12.6. The molecule has 24 heavy (non-hydrogen) atoms. The predicted octanol–water partition coefficient (Wildman–Crippen LogP) is 1.52. The number of amides is 1. The van der Waals surface area contributed by atoms with E-state index in [0.717, 1.165) is 4.96 Å². The molecule has 1 atom stereocenters. The van der Waals surface area contributed by atoms with Gasteiger partial charge in [0.05, 0.1) is 23.4 Å². The van der Waals surface area contributed by atoms with Crippen LogP contribution in [0.5, 0.6) is 0 Å². The van der Waals surface area contributed by atoms with E-state index in [1.807, 2.05) is 6.92 Å². The van der Waals surface area contributed by atoms with Gasteiger partial charge in [-0.3, -0.25) is 4.79 Å². The largest absolute Gasteiger partial charge is 0.346 e. The normalized spacial score (nSPS) is 12.5. The number of imidazole rings is 1. The maximum atomic E-state index is 12.6. The van der Waals surface area contributed by atoms with Crippen LogP contribution in [-0.4, -0.2) is 30.5 Å². The molecule has 4 aromatic rings. The Labute approximate surface area is 139 Å². The third-order valence-electron chi connectivity index (χ3n) is 3.65. The summed E-state index contributed by atoms with van der Waals surface area (Å²) in [4.78, 5) is 35.9. The fraction of sp³-hybridized carbons (Fsp3) is 0.133. The van der Waals surface area contributed by atoms with Gasteiger partial charge < -0.3 is 10.3 Å². The van der Waals surface area contributed by atoms with Crippen molar-refractivity contribution in [1.29, 1.82) is 0 Å². The van der Waals surface area contributed by atoms with Gasteiger partial charge >= 0.3 is 5.69 Å². The highest BCUT2D eigenvalue weighted by Crippen LogP contribution is 2.17. The van der Waals surface area contributed by atoms with Gasteiger partial charge in [-0.2, -0.15) is 10.1 Å². The van der Waals surface area contributed by atoms with Gasteiger partial charge in [-0.05, 0) is 13.0 Å². The fourth-order valence-electron chi connectivity index (χ4n) is 2.48. The molecule has 0 saturated carbocycles. The zero-order valence-corrected chi connectivity index (χ0v) is 13.4. The lowest BCUT2D eigenvalue weighted by atomic mass is 10.1. The molecule has 0 saturated heterocycles. The van der Waals surface area contributed by atoms with Crippen molar-refractivity contribution in [3.05, 3.63) is 57.8 Å². The van der Waals surface area contributed by atoms with Crippen LogP contribution in [0, 0.1) is 0 Å². The first-order valence-electron chi connectivity index (χ1n) is 7.20. The zero-order chi connectivity index (χ0) is 16.7. The lowest BCUT2D eigenvalue weighted by molar-refractivity contribution is 0.0935. The van der Waals surface area contributed by atoms with Crippen LogP contribution in [-0.2, 0) is 0 Å². The molecule has 1 unspecified atom stereocenters. The second-order valence-corrected chi connectivity index (χ2v) is 6.07. The van der Waals surface area contributed by atoms with E-state index in [9.17, 15) is 9.59 Å².